The second kappa shape index (κ2) is 9.60. The van der Waals surface area contributed by atoms with E-state index in [0.717, 1.165) is 23.6 Å². The second-order valence-corrected chi connectivity index (χ2v) is 9.22. The Labute approximate surface area is 200 Å². The van der Waals surface area contributed by atoms with E-state index in [1.807, 2.05) is 41.7 Å². The molecule has 0 unspecified atom stereocenters. The first-order chi connectivity index (χ1) is 15.8. The van der Waals surface area contributed by atoms with Gasteiger partial charge in [-0.05, 0) is 70.4 Å². The SMILES string of the molecule is CC=NOC(=O)CNC(=O)C(F)(F)Sc1ncc(Br)n1-c1ccc(C2CC2)c2ccccc12. The lowest BCUT2D eigenvalue weighted by molar-refractivity contribution is -0.145. The molecule has 0 spiro atoms. The summed E-state index contributed by atoms with van der Waals surface area (Å²) in [7, 11) is 0. The Kier molecular flexibility index (Phi) is 6.80. The second-order valence-electron chi connectivity index (χ2n) is 7.32. The van der Waals surface area contributed by atoms with Crippen molar-refractivity contribution in [2.75, 3.05) is 6.54 Å². The standard InChI is InChI=1S/C22H19BrF2N4O3S/c1-2-28-32-19(30)12-26-20(31)22(24,25)33-21-27-11-18(23)29(21)17-10-9-14(13-7-8-13)15-5-3-4-6-16(15)17/h2-6,9-11,13H,7-8,12H2,1H3,(H,26,31). The van der Waals surface area contributed by atoms with Gasteiger partial charge in [0.15, 0.2) is 5.16 Å². The van der Waals surface area contributed by atoms with Crippen LogP contribution in [0.2, 0.25) is 0 Å². The summed E-state index contributed by atoms with van der Waals surface area (Å²) in [6.07, 6.45) is 4.89. The third-order valence-electron chi connectivity index (χ3n) is 5.02. The predicted molar refractivity (Wildman–Crippen MR) is 125 cm³/mol. The Hall–Kier alpha value is -2.79. The molecule has 1 amide bonds. The molecule has 1 aliphatic carbocycles. The molecular weight excluding hydrogens is 518 g/mol. The number of carbonyl (C=O) groups excluding carboxylic acids is 2. The minimum absolute atomic E-state index is 0.00804. The maximum Gasteiger partial charge on any atom is 0.377 e. The van der Waals surface area contributed by atoms with Crippen molar-refractivity contribution >= 4 is 56.6 Å². The molecule has 0 bridgehead atoms. The number of amides is 1. The van der Waals surface area contributed by atoms with Crippen molar-refractivity contribution in [1.29, 1.82) is 0 Å². The highest BCUT2D eigenvalue weighted by Gasteiger charge is 2.42. The summed E-state index contributed by atoms with van der Waals surface area (Å²) in [5.74, 6) is -2.08. The van der Waals surface area contributed by atoms with Crippen molar-refractivity contribution < 1.29 is 23.2 Å². The van der Waals surface area contributed by atoms with Gasteiger partial charge in [0.2, 0.25) is 0 Å². The van der Waals surface area contributed by atoms with Gasteiger partial charge in [0, 0.05) is 11.6 Å². The molecule has 0 aliphatic heterocycles. The largest absolute Gasteiger partial charge is 0.377 e. The Morgan fingerprint density at radius 3 is 2.73 bits per heavy atom. The topological polar surface area (TPSA) is 85.6 Å². The number of nitrogens with one attached hydrogen (secondary N) is 1. The number of nitrogens with zero attached hydrogens (tertiary/aromatic N) is 3. The summed E-state index contributed by atoms with van der Waals surface area (Å²) < 4.78 is 31.4. The molecule has 3 aromatic rings. The Bertz CT molecular complexity index is 1240. The molecule has 1 N–H and O–H groups in total. The molecule has 1 fully saturated rings. The van der Waals surface area contributed by atoms with Crippen molar-refractivity contribution in [1.82, 2.24) is 14.9 Å². The van der Waals surface area contributed by atoms with Crippen LogP contribution in [0.1, 0.15) is 31.2 Å². The van der Waals surface area contributed by atoms with Crippen molar-refractivity contribution in [3.05, 3.63) is 52.8 Å². The summed E-state index contributed by atoms with van der Waals surface area (Å²) in [5, 5.41) is 3.10. The van der Waals surface area contributed by atoms with Crippen LogP contribution < -0.4 is 5.32 Å². The lowest BCUT2D eigenvalue weighted by atomic mass is 9.99. The molecule has 4 rings (SSSR count). The van der Waals surface area contributed by atoms with E-state index < -0.39 is 23.7 Å². The highest BCUT2D eigenvalue weighted by Crippen LogP contribution is 2.45. The smallest absolute Gasteiger partial charge is 0.339 e. The predicted octanol–water partition coefficient (Wildman–Crippen LogP) is 5.02. The van der Waals surface area contributed by atoms with Crippen LogP contribution in [0.5, 0.6) is 0 Å². The number of thioether (sulfide) groups is 1. The fraction of sp³-hybridized carbons (Fsp3) is 0.273. The lowest BCUT2D eigenvalue weighted by Crippen LogP contribution is -2.40. The van der Waals surface area contributed by atoms with E-state index in [-0.39, 0.29) is 16.9 Å². The summed E-state index contributed by atoms with van der Waals surface area (Å²) >= 11 is 3.38. The van der Waals surface area contributed by atoms with Gasteiger partial charge in [-0.3, -0.25) is 9.36 Å². The Morgan fingerprint density at radius 2 is 2.03 bits per heavy atom. The molecule has 1 aromatic heterocycles. The van der Waals surface area contributed by atoms with Crippen LogP contribution >= 0.6 is 27.7 Å². The monoisotopic (exact) mass is 536 g/mol. The minimum Gasteiger partial charge on any atom is -0.339 e. The van der Waals surface area contributed by atoms with E-state index in [0.29, 0.717) is 16.2 Å². The summed E-state index contributed by atoms with van der Waals surface area (Å²) in [4.78, 5) is 31.9. The van der Waals surface area contributed by atoms with Crippen molar-refractivity contribution in [2.24, 2.45) is 5.16 Å². The van der Waals surface area contributed by atoms with Gasteiger partial charge >= 0.3 is 17.1 Å². The van der Waals surface area contributed by atoms with E-state index in [4.69, 9.17) is 0 Å². The lowest BCUT2D eigenvalue weighted by Gasteiger charge is -2.17. The van der Waals surface area contributed by atoms with Crippen LogP contribution in [0.15, 0.2) is 57.5 Å². The zero-order valence-electron chi connectivity index (χ0n) is 17.4. The molecule has 0 radical (unpaired) electrons. The number of alkyl halides is 2. The first-order valence-corrected chi connectivity index (χ1v) is 11.7. The molecule has 0 atom stereocenters. The number of hydrogen-bond acceptors (Lipinski definition) is 6. The van der Waals surface area contributed by atoms with E-state index in [9.17, 15) is 18.4 Å². The number of imidazole rings is 1. The van der Waals surface area contributed by atoms with Crippen LogP contribution in [-0.4, -0.2) is 39.4 Å². The van der Waals surface area contributed by atoms with Gasteiger partial charge in [0.25, 0.3) is 0 Å². The van der Waals surface area contributed by atoms with Gasteiger partial charge in [0.1, 0.15) is 11.1 Å². The molecule has 7 nitrogen and oxygen atoms in total. The van der Waals surface area contributed by atoms with Gasteiger partial charge in [0.05, 0.1) is 11.9 Å². The average Bonchev–Trinajstić information content (AvgIpc) is 3.59. The number of oxime groups is 1. The zero-order valence-corrected chi connectivity index (χ0v) is 19.8. The van der Waals surface area contributed by atoms with Crippen LogP contribution in [0.3, 0.4) is 0 Å². The number of hydrogen-bond donors (Lipinski definition) is 1. The van der Waals surface area contributed by atoms with E-state index >= 15 is 0 Å². The van der Waals surface area contributed by atoms with E-state index in [1.165, 1.54) is 29.5 Å². The summed E-state index contributed by atoms with van der Waals surface area (Å²) in [6, 6.07) is 11.7. The van der Waals surface area contributed by atoms with E-state index in [1.54, 1.807) is 0 Å². The molecule has 0 saturated heterocycles. The normalized spacial score (nSPS) is 14.1. The van der Waals surface area contributed by atoms with Gasteiger partial charge < -0.3 is 10.2 Å². The van der Waals surface area contributed by atoms with Crippen molar-refractivity contribution in [3.8, 4) is 5.69 Å². The molecule has 33 heavy (non-hydrogen) atoms. The van der Waals surface area contributed by atoms with Crippen molar-refractivity contribution in [2.45, 2.75) is 36.1 Å². The maximum absolute atomic E-state index is 14.7. The number of rotatable bonds is 8. The van der Waals surface area contributed by atoms with Gasteiger partial charge in [-0.15, -0.1) is 0 Å². The Balaban J connectivity index is 1.61. The number of benzene rings is 2. The van der Waals surface area contributed by atoms with E-state index in [2.05, 4.69) is 30.9 Å². The fourth-order valence-corrected chi connectivity index (χ4v) is 4.78. The number of carbonyl (C=O) groups is 2. The van der Waals surface area contributed by atoms with Gasteiger partial charge in [-0.25, -0.2) is 9.78 Å². The van der Waals surface area contributed by atoms with Crippen LogP contribution in [0.4, 0.5) is 8.78 Å². The minimum atomic E-state index is -3.89. The molecular formula is C22H19BrF2N4O3S. The molecule has 172 valence electrons. The highest BCUT2D eigenvalue weighted by molar-refractivity contribution is 9.10. The number of halogens is 3. The van der Waals surface area contributed by atoms with Crippen LogP contribution in [0, 0.1) is 0 Å². The van der Waals surface area contributed by atoms with Gasteiger partial charge in [-0.2, -0.15) is 8.78 Å². The van der Waals surface area contributed by atoms with Crippen LogP contribution in [-0.2, 0) is 14.4 Å². The summed E-state index contributed by atoms with van der Waals surface area (Å²) in [5.41, 5.74) is 1.91. The number of aromatic nitrogens is 2. The fourth-order valence-electron chi connectivity index (χ4n) is 3.42. The number of fused-ring (bicyclic) bond motifs is 1. The first-order valence-electron chi connectivity index (χ1n) is 10.1. The third kappa shape index (κ3) is 5.09. The van der Waals surface area contributed by atoms with Gasteiger partial charge in [-0.1, -0.05) is 35.5 Å². The molecule has 1 heterocycles. The first kappa shape index (κ1) is 23.4. The highest BCUT2D eigenvalue weighted by atomic mass is 79.9. The third-order valence-corrected chi connectivity index (χ3v) is 6.49. The van der Waals surface area contributed by atoms with Crippen LogP contribution in [0.25, 0.3) is 16.5 Å². The maximum atomic E-state index is 14.7. The molecule has 2 aromatic carbocycles. The zero-order chi connectivity index (χ0) is 23.6. The quantitative estimate of drug-likeness (QED) is 0.189. The Morgan fingerprint density at radius 1 is 1.30 bits per heavy atom. The average molecular weight is 537 g/mol. The summed E-state index contributed by atoms with van der Waals surface area (Å²) in [6.45, 7) is 0.775. The molecule has 1 aliphatic rings. The van der Waals surface area contributed by atoms with Crippen molar-refractivity contribution in [3.63, 3.8) is 0 Å². The molecule has 1 saturated carbocycles. The molecule has 11 heteroatoms.